The lowest BCUT2D eigenvalue weighted by Gasteiger charge is -2.25. The molecule has 0 aromatic carbocycles. The zero-order chi connectivity index (χ0) is 11.6. The minimum atomic E-state index is -1.54. The van der Waals surface area contributed by atoms with Crippen molar-refractivity contribution in [1.82, 2.24) is 5.32 Å². The zero-order valence-electron chi connectivity index (χ0n) is 9.55. The average Bonchev–Trinajstić information content (AvgIpc) is 2.28. The van der Waals surface area contributed by atoms with Crippen LogP contribution in [0.1, 0.15) is 40.5 Å². The first-order valence-electron chi connectivity index (χ1n) is 5.17. The highest BCUT2D eigenvalue weighted by atomic mass is 16.3. The van der Waals surface area contributed by atoms with Crippen molar-refractivity contribution < 1.29 is 9.90 Å². The van der Waals surface area contributed by atoms with Gasteiger partial charge in [0.1, 0.15) is 0 Å². The molecule has 0 aromatic heterocycles. The van der Waals surface area contributed by atoms with Crippen LogP contribution in [0, 0.1) is 12.3 Å². The molecule has 82 valence electrons. The third-order valence-corrected chi connectivity index (χ3v) is 1.62. The molecule has 1 aliphatic rings. The van der Waals surface area contributed by atoms with E-state index in [0.29, 0.717) is 13.0 Å². The Balaban J connectivity index is 0. The van der Waals surface area contributed by atoms with Crippen LogP contribution in [-0.2, 0) is 4.79 Å². The number of terminal acetylenes is 1. The average molecular weight is 199 g/mol. The van der Waals surface area contributed by atoms with Crippen LogP contribution in [0.25, 0.3) is 0 Å². The highest BCUT2D eigenvalue weighted by Crippen LogP contribution is 2.14. The molecule has 0 radical (unpaired) electrons. The summed E-state index contributed by atoms with van der Waals surface area (Å²) in [6.45, 7) is 8.61. The molecule has 2 N–H and O–H groups in total. The Labute approximate surface area is 86.9 Å². The molecule has 0 spiro atoms. The number of carbonyl (C=O) groups excluding carboxylic acids is 1. The molecule has 0 bridgehead atoms. The van der Waals surface area contributed by atoms with Gasteiger partial charge in [0.25, 0.3) is 5.91 Å². The molecule has 0 aromatic rings. The molecule has 1 fully saturated rings. The van der Waals surface area contributed by atoms with Crippen molar-refractivity contribution in [1.29, 1.82) is 0 Å². The normalized spacial score (nSPS) is 24.1. The third kappa shape index (κ3) is 4.29. The second kappa shape index (κ2) is 8.58. The summed E-state index contributed by atoms with van der Waals surface area (Å²) in [5, 5.41) is 11.8. The van der Waals surface area contributed by atoms with E-state index in [-0.39, 0.29) is 0 Å². The van der Waals surface area contributed by atoms with Gasteiger partial charge in [-0.15, -0.1) is 6.42 Å². The van der Waals surface area contributed by atoms with Crippen LogP contribution >= 0.6 is 0 Å². The Morgan fingerprint density at radius 3 is 2.21 bits per heavy atom. The lowest BCUT2D eigenvalue weighted by atomic mass is 9.94. The summed E-state index contributed by atoms with van der Waals surface area (Å²) in [7, 11) is 0. The first kappa shape index (κ1) is 15.5. The first-order valence-corrected chi connectivity index (χ1v) is 5.17. The SMILES string of the molecule is C#CC1(O)CCCNC1=O.CC.CC. The Hall–Kier alpha value is -1.01. The van der Waals surface area contributed by atoms with E-state index in [1.807, 2.05) is 27.7 Å². The van der Waals surface area contributed by atoms with Crippen molar-refractivity contribution in [3.63, 3.8) is 0 Å². The number of hydrogen-bond donors (Lipinski definition) is 2. The summed E-state index contributed by atoms with van der Waals surface area (Å²) >= 11 is 0. The van der Waals surface area contributed by atoms with Gasteiger partial charge >= 0.3 is 0 Å². The van der Waals surface area contributed by atoms with Crippen molar-refractivity contribution in [2.24, 2.45) is 0 Å². The third-order valence-electron chi connectivity index (χ3n) is 1.62. The monoisotopic (exact) mass is 199 g/mol. The number of nitrogens with one attached hydrogen (secondary N) is 1. The smallest absolute Gasteiger partial charge is 0.264 e. The fraction of sp³-hybridized carbons (Fsp3) is 0.727. The predicted molar refractivity (Wildman–Crippen MR) is 58.7 cm³/mol. The summed E-state index contributed by atoms with van der Waals surface area (Å²) in [5.41, 5.74) is -1.54. The van der Waals surface area contributed by atoms with Gasteiger partial charge in [0, 0.05) is 6.54 Å². The lowest BCUT2D eigenvalue weighted by molar-refractivity contribution is -0.137. The molecule has 1 saturated heterocycles. The minimum Gasteiger partial charge on any atom is -0.369 e. The topological polar surface area (TPSA) is 49.3 Å². The van der Waals surface area contributed by atoms with Gasteiger partial charge in [0.2, 0.25) is 5.60 Å². The van der Waals surface area contributed by atoms with Crippen LogP contribution in [0.4, 0.5) is 0 Å². The summed E-state index contributed by atoms with van der Waals surface area (Å²) in [6, 6.07) is 0. The number of carbonyl (C=O) groups is 1. The van der Waals surface area contributed by atoms with Gasteiger partial charge in [-0.25, -0.2) is 0 Å². The summed E-state index contributed by atoms with van der Waals surface area (Å²) in [4.78, 5) is 10.8. The van der Waals surface area contributed by atoms with Gasteiger partial charge in [0.05, 0.1) is 0 Å². The standard InChI is InChI=1S/C7H9NO2.2C2H6/c1-2-7(10)4-3-5-8-6(7)9;2*1-2/h1,10H,3-5H2,(H,8,9);2*1-2H3. The quantitative estimate of drug-likeness (QED) is 0.578. The highest BCUT2D eigenvalue weighted by molar-refractivity contribution is 5.88. The van der Waals surface area contributed by atoms with Gasteiger partial charge in [0.15, 0.2) is 0 Å². The summed E-state index contributed by atoms with van der Waals surface area (Å²) in [5.74, 6) is 1.63. The summed E-state index contributed by atoms with van der Waals surface area (Å²) in [6.07, 6.45) is 6.08. The fourth-order valence-electron chi connectivity index (χ4n) is 0.944. The molecule has 1 heterocycles. The minimum absolute atomic E-state index is 0.370. The van der Waals surface area contributed by atoms with Crippen molar-refractivity contribution in [2.45, 2.75) is 46.1 Å². The van der Waals surface area contributed by atoms with Gasteiger partial charge in [-0.1, -0.05) is 33.6 Å². The first-order chi connectivity index (χ1) is 6.69. The van der Waals surface area contributed by atoms with Crippen LogP contribution in [0.15, 0.2) is 0 Å². The maximum absolute atomic E-state index is 10.8. The second-order valence-electron chi connectivity index (χ2n) is 2.36. The van der Waals surface area contributed by atoms with Crippen LogP contribution in [-0.4, -0.2) is 23.2 Å². The van der Waals surface area contributed by atoms with E-state index in [2.05, 4.69) is 11.2 Å². The van der Waals surface area contributed by atoms with Gasteiger partial charge in [-0.2, -0.15) is 0 Å². The van der Waals surface area contributed by atoms with Gasteiger partial charge < -0.3 is 10.4 Å². The molecule has 1 rings (SSSR count). The van der Waals surface area contributed by atoms with Crippen molar-refractivity contribution in [3.8, 4) is 12.3 Å². The zero-order valence-corrected chi connectivity index (χ0v) is 9.55. The van der Waals surface area contributed by atoms with E-state index in [1.165, 1.54) is 0 Å². The highest BCUT2D eigenvalue weighted by Gasteiger charge is 2.35. The molecule has 1 aliphatic heterocycles. The molecule has 1 unspecified atom stereocenters. The molecular weight excluding hydrogens is 178 g/mol. The molecular formula is C11H21NO2. The molecule has 3 nitrogen and oxygen atoms in total. The van der Waals surface area contributed by atoms with Crippen LogP contribution in [0.3, 0.4) is 0 Å². The molecule has 3 heteroatoms. The number of hydrogen-bond acceptors (Lipinski definition) is 2. The summed E-state index contributed by atoms with van der Waals surface area (Å²) < 4.78 is 0. The molecule has 0 aliphatic carbocycles. The molecule has 1 atom stereocenters. The maximum atomic E-state index is 10.8. The molecule has 0 saturated carbocycles. The number of rotatable bonds is 0. The van der Waals surface area contributed by atoms with E-state index < -0.39 is 11.5 Å². The van der Waals surface area contributed by atoms with Crippen molar-refractivity contribution in [2.75, 3.05) is 6.54 Å². The van der Waals surface area contributed by atoms with E-state index >= 15 is 0 Å². The fourth-order valence-corrected chi connectivity index (χ4v) is 0.944. The Bertz CT molecular complexity index is 196. The maximum Gasteiger partial charge on any atom is 0.264 e. The van der Waals surface area contributed by atoms with Crippen LogP contribution in [0.2, 0.25) is 0 Å². The second-order valence-corrected chi connectivity index (χ2v) is 2.36. The Morgan fingerprint density at radius 2 is 1.93 bits per heavy atom. The van der Waals surface area contributed by atoms with Gasteiger partial charge in [-0.3, -0.25) is 4.79 Å². The van der Waals surface area contributed by atoms with Crippen LogP contribution in [0.5, 0.6) is 0 Å². The van der Waals surface area contributed by atoms with Crippen molar-refractivity contribution in [3.05, 3.63) is 0 Å². The molecule has 14 heavy (non-hydrogen) atoms. The lowest BCUT2D eigenvalue weighted by Crippen LogP contribution is -2.50. The van der Waals surface area contributed by atoms with E-state index in [9.17, 15) is 9.90 Å². The predicted octanol–water partition coefficient (Wildman–Crippen LogP) is 1.31. The van der Waals surface area contributed by atoms with Crippen molar-refractivity contribution >= 4 is 5.91 Å². The number of amides is 1. The van der Waals surface area contributed by atoms with E-state index in [4.69, 9.17) is 6.42 Å². The van der Waals surface area contributed by atoms with E-state index in [0.717, 1.165) is 6.42 Å². The Morgan fingerprint density at radius 1 is 1.43 bits per heavy atom. The van der Waals surface area contributed by atoms with E-state index in [1.54, 1.807) is 0 Å². The Kier molecular flexibility index (Phi) is 9.48. The number of aliphatic hydroxyl groups is 1. The molecule has 1 amide bonds. The number of piperidine rings is 1. The largest absolute Gasteiger partial charge is 0.369 e. The van der Waals surface area contributed by atoms with Crippen LogP contribution < -0.4 is 5.32 Å². The van der Waals surface area contributed by atoms with Gasteiger partial charge in [-0.05, 0) is 12.8 Å².